The van der Waals surface area contributed by atoms with Gasteiger partial charge in [0.15, 0.2) is 0 Å². The number of alkyl halides is 3. The number of fused-ring (bicyclic) bond motifs is 1. The van der Waals surface area contributed by atoms with E-state index in [0.717, 1.165) is 22.9 Å². The zero-order valence-electron chi connectivity index (χ0n) is 14.8. The van der Waals surface area contributed by atoms with Crippen molar-refractivity contribution in [3.05, 3.63) is 96.2 Å². The van der Waals surface area contributed by atoms with E-state index < -0.39 is 11.7 Å². The summed E-state index contributed by atoms with van der Waals surface area (Å²) < 4.78 is 40.0. The van der Waals surface area contributed by atoms with Crippen molar-refractivity contribution >= 4 is 16.6 Å². The van der Waals surface area contributed by atoms with Gasteiger partial charge in [0.05, 0.1) is 11.1 Å². The Morgan fingerprint density at radius 3 is 2.46 bits per heavy atom. The van der Waals surface area contributed by atoms with Gasteiger partial charge in [-0.15, -0.1) is 0 Å². The maximum atomic E-state index is 13.3. The standard InChI is InChI=1S/C23H16F3N2/c24-23(25,26)21-11-5-10-20-19(12-13-27-22(20)21)17-8-4-9-18(14-17)28-15-16-6-2-1-3-7-16/h1-11,13-14,28H,15H2. The zero-order valence-corrected chi connectivity index (χ0v) is 14.8. The fraction of sp³-hybridized carbons (Fsp3) is 0.0870. The average molecular weight is 377 g/mol. The largest absolute Gasteiger partial charge is 0.418 e. The molecule has 4 rings (SSSR count). The molecule has 1 radical (unpaired) electrons. The molecule has 0 bridgehead atoms. The van der Waals surface area contributed by atoms with Crippen LogP contribution in [0.2, 0.25) is 0 Å². The number of para-hydroxylation sites is 1. The SMILES string of the molecule is FC(F)(F)c1cccc2c(-c3cccc(NCc4ccccc4)c3)[c]cnc12. The highest BCUT2D eigenvalue weighted by Gasteiger charge is 2.33. The number of nitrogens with zero attached hydrogens (tertiary/aromatic N) is 1. The summed E-state index contributed by atoms with van der Waals surface area (Å²) in [6, 6.07) is 24.6. The van der Waals surface area contributed by atoms with E-state index >= 15 is 0 Å². The molecule has 0 saturated carbocycles. The summed E-state index contributed by atoms with van der Waals surface area (Å²) in [6.07, 6.45) is -3.15. The van der Waals surface area contributed by atoms with E-state index in [1.54, 1.807) is 6.07 Å². The van der Waals surface area contributed by atoms with Gasteiger partial charge in [-0.1, -0.05) is 54.6 Å². The summed E-state index contributed by atoms with van der Waals surface area (Å²) in [7, 11) is 0. The van der Waals surface area contributed by atoms with E-state index in [0.29, 0.717) is 17.5 Å². The third-order valence-electron chi connectivity index (χ3n) is 4.50. The molecule has 28 heavy (non-hydrogen) atoms. The molecular weight excluding hydrogens is 361 g/mol. The molecule has 0 amide bonds. The Bertz CT molecular complexity index is 1110. The Morgan fingerprint density at radius 2 is 1.68 bits per heavy atom. The van der Waals surface area contributed by atoms with Crippen LogP contribution in [0, 0.1) is 6.07 Å². The summed E-state index contributed by atoms with van der Waals surface area (Å²) in [4.78, 5) is 3.94. The van der Waals surface area contributed by atoms with Crippen molar-refractivity contribution in [1.82, 2.24) is 4.98 Å². The van der Waals surface area contributed by atoms with Crippen molar-refractivity contribution in [1.29, 1.82) is 0 Å². The first-order chi connectivity index (χ1) is 13.5. The van der Waals surface area contributed by atoms with Gasteiger partial charge in [-0.05, 0) is 29.3 Å². The van der Waals surface area contributed by atoms with Gasteiger partial charge in [0, 0.05) is 35.4 Å². The smallest absolute Gasteiger partial charge is 0.381 e. The minimum atomic E-state index is -4.45. The van der Waals surface area contributed by atoms with Crippen molar-refractivity contribution in [2.45, 2.75) is 12.7 Å². The number of hydrogen-bond donors (Lipinski definition) is 1. The Labute approximate surface area is 160 Å². The molecule has 3 aromatic carbocycles. The lowest BCUT2D eigenvalue weighted by molar-refractivity contribution is -0.136. The summed E-state index contributed by atoms with van der Waals surface area (Å²) in [6.45, 7) is 0.656. The van der Waals surface area contributed by atoms with Crippen LogP contribution in [0.25, 0.3) is 22.0 Å². The van der Waals surface area contributed by atoms with Gasteiger partial charge in [0.2, 0.25) is 0 Å². The van der Waals surface area contributed by atoms with Crippen molar-refractivity contribution in [3.63, 3.8) is 0 Å². The number of rotatable bonds is 4. The maximum absolute atomic E-state index is 13.3. The molecule has 0 atom stereocenters. The highest BCUT2D eigenvalue weighted by atomic mass is 19.4. The zero-order chi connectivity index (χ0) is 19.6. The van der Waals surface area contributed by atoms with Gasteiger partial charge in [0.25, 0.3) is 0 Å². The molecule has 4 aromatic rings. The highest BCUT2D eigenvalue weighted by molar-refractivity contribution is 5.96. The van der Waals surface area contributed by atoms with Crippen molar-refractivity contribution < 1.29 is 13.2 Å². The van der Waals surface area contributed by atoms with Crippen molar-refractivity contribution in [2.75, 3.05) is 5.32 Å². The molecule has 1 N–H and O–H groups in total. The van der Waals surface area contributed by atoms with Crippen molar-refractivity contribution in [3.8, 4) is 11.1 Å². The summed E-state index contributed by atoms with van der Waals surface area (Å²) in [5.74, 6) is 0. The second-order valence-corrected chi connectivity index (χ2v) is 6.40. The van der Waals surface area contributed by atoms with Gasteiger partial charge in [-0.25, -0.2) is 0 Å². The number of aromatic nitrogens is 1. The van der Waals surface area contributed by atoms with Gasteiger partial charge < -0.3 is 5.32 Å². The first kappa shape index (κ1) is 18.0. The van der Waals surface area contributed by atoms with Gasteiger partial charge >= 0.3 is 6.18 Å². The number of benzene rings is 3. The average Bonchev–Trinajstić information content (AvgIpc) is 2.71. The Balaban J connectivity index is 1.71. The lowest BCUT2D eigenvalue weighted by Gasteiger charge is -2.13. The number of halogens is 3. The number of hydrogen-bond acceptors (Lipinski definition) is 2. The Morgan fingerprint density at radius 1 is 0.893 bits per heavy atom. The Kier molecular flexibility index (Phi) is 4.74. The second kappa shape index (κ2) is 7.35. The van der Waals surface area contributed by atoms with E-state index in [-0.39, 0.29) is 5.52 Å². The van der Waals surface area contributed by atoms with Crippen LogP contribution in [-0.4, -0.2) is 4.98 Å². The number of anilines is 1. The molecule has 139 valence electrons. The summed E-state index contributed by atoms with van der Waals surface area (Å²) >= 11 is 0. The molecule has 2 nitrogen and oxygen atoms in total. The van der Waals surface area contributed by atoms with Crippen LogP contribution in [0.1, 0.15) is 11.1 Å². The quantitative estimate of drug-likeness (QED) is 0.449. The van der Waals surface area contributed by atoms with Gasteiger partial charge in [0.1, 0.15) is 0 Å². The normalized spacial score (nSPS) is 11.5. The molecule has 0 spiro atoms. The fourth-order valence-corrected chi connectivity index (χ4v) is 3.18. The maximum Gasteiger partial charge on any atom is 0.418 e. The first-order valence-electron chi connectivity index (χ1n) is 8.77. The molecule has 0 aliphatic carbocycles. The van der Waals surface area contributed by atoms with Crippen LogP contribution in [0.15, 0.2) is 79.0 Å². The number of nitrogens with one attached hydrogen (secondary N) is 1. The molecular formula is C23H16F3N2. The van der Waals surface area contributed by atoms with E-state index in [4.69, 9.17) is 0 Å². The minimum Gasteiger partial charge on any atom is -0.381 e. The molecule has 0 aliphatic rings. The number of pyridine rings is 1. The third kappa shape index (κ3) is 3.69. The minimum absolute atomic E-state index is 0.0635. The summed E-state index contributed by atoms with van der Waals surface area (Å²) in [5, 5.41) is 3.77. The molecule has 0 unspecified atom stereocenters. The molecule has 5 heteroatoms. The Hall–Kier alpha value is -3.34. The van der Waals surface area contributed by atoms with E-state index in [2.05, 4.69) is 16.4 Å². The van der Waals surface area contributed by atoms with E-state index in [1.807, 2.05) is 54.6 Å². The van der Waals surface area contributed by atoms with Crippen LogP contribution in [0.3, 0.4) is 0 Å². The van der Waals surface area contributed by atoms with Crippen LogP contribution >= 0.6 is 0 Å². The predicted octanol–water partition coefficient (Wildman–Crippen LogP) is 6.33. The lowest BCUT2D eigenvalue weighted by atomic mass is 9.99. The van der Waals surface area contributed by atoms with Gasteiger partial charge in [-0.3, -0.25) is 4.98 Å². The van der Waals surface area contributed by atoms with E-state index in [9.17, 15) is 13.2 Å². The fourth-order valence-electron chi connectivity index (χ4n) is 3.18. The molecule has 1 aromatic heterocycles. The molecule has 0 fully saturated rings. The topological polar surface area (TPSA) is 24.9 Å². The predicted molar refractivity (Wildman–Crippen MR) is 105 cm³/mol. The van der Waals surface area contributed by atoms with Crippen LogP contribution < -0.4 is 5.32 Å². The second-order valence-electron chi connectivity index (χ2n) is 6.40. The third-order valence-corrected chi connectivity index (χ3v) is 4.50. The molecule has 0 aliphatic heterocycles. The molecule has 1 heterocycles. The van der Waals surface area contributed by atoms with Gasteiger partial charge in [-0.2, -0.15) is 13.2 Å². The summed E-state index contributed by atoms with van der Waals surface area (Å²) in [5.41, 5.74) is 2.60. The lowest BCUT2D eigenvalue weighted by Crippen LogP contribution is -2.06. The van der Waals surface area contributed by atoms with Crippen LogP contribution in [0.4, 0.5) is 18.9 Å². The first-order valence-corrected chi connectivity index (χ1v) is 8.77. The van der Waals surface area contributed by atoms with Crippen LogP contribution in [0.5, 0.6) is 0 Å². The van der Waals surface area contributed by atoms with Crippen LogP contribution in [-0.2, 0) is 12.7 Å². The van der Waals surface area contributed by atoms with Crippen molar-refractivity contribution in [2.24, 2.45) is 0 Å². The highest BCUT2D eigenvalue weighted by Crippen LogP contribution is 2.37. The van der Waals surface area contributed by atoms with E-state index in [1.165, 1.54) is 12.3 Å². The molecule has 0 saturated heterocycles. The monoisotopic (exact) mass is 377 g/mol.